The van der Waals surface area contributed by atoms with Crippen molar-refractivity contribution in [3.05, 3.63) is 40.0 Å². The summed E-state index contributed by atoms with van der Waals surface area (Å²) in [5.41, 5.74) is 2.09. The Balaban J connectivity index is 1.93. The van der Waals surface area contributed by atoms with Gasteiger partial charge in [-0.15, -0.1) is 11.3 Å². The largest absolute Gasteiger partial charge is 0.478 e. The Bertz CT molecular complexity index is 719. The van der Waals surface area contributed by atoms with E-state index in [9.17, 15) is 0 Å². The first-order chi connectivity index (χ1) is 12.6. The van der Waals surface area contributed by atoms with Gasteiger partial charge in [0, 0.05) is 45.4 Å². The Hall–Kier alpha value is -2.19. The van der Waals surface area contributed by atoms with E-state index in [2.05, 4.69) is 25.7 Å². The van der Waals surface area contributed by atoms with Crippen molar-refractivity contribution in [3.8, 4) is 5.88 Å². The first-order valence-electron chi connectivity index (χ1n) is 8.54. The molecule has 2 aromatic rings. The molecular formula is C18H27N5O2S. The second-order valence-electron chi connectivity index (χ2n) is 5.75. The van der Waals surface area contributed by atoms with Crippen LogP contribution in [0.15, 0.2) is 28.7 Å². The first-order valence-corrected chi connectivity index (χ1v) is 9.41. The van der Waals surface area contributed by atoms with Gasteiger partial charge in [0.2, 0.25) is 5.88 Å². The van der Waals surface area contributed by atoms with Crippen LogP contribution in [-0.2, 0) is 17.8 Å². The highest BCUT2D eigenvalue weighted by Gasteiger charge is 2.12. The van der Waals surface area contributed by atoms with Gasteiger partial charge in [-0.25, -0.2) is 9.97 Å². The van der Waals surface area contributed by atoms with Crippen LogP contribution in [0.1, 0.15) is 36.2 Å². The molecule has 0 aromatic carbocycles. The average Bonchev–Trinajstić information content (AvgIpc) is 3.10. The Labute approximate surface area is 159 Å². The molecule has 2 rings (SSSR count). The second kappa shape index (κ2) is 10.1. The molecule has 142 valence electrons. The molecule has 0 radical (unpaired) electrons. The number of pyridine rings is 1. The van der Waals surface area contributed by atoms with Crippen molar-refractivity contribution < 1.29 is 9.47 Å². The number of ether oxygens (including phenoxy) is 2. The minimum atomic E-state index is 0.0164. The minimum absolute atomic E-state index is 0.0164. The van der Waals surface area contributed by atoms with E-state index in [1.165, 1.54) is 0 Å². The number of methoxy groups -OCH3 is 1. The molecule has 0 bridgehead atoms. The van der Waals surface area contributed by atoms with Gasteiger partial charge >= 0.3 is 0 Å². The smallest absolute Gasteiger partial charge is 0.213 e. The van der Waals surface area contributed by atoms with Crippen LogP contribution in [0, 0.1) is 0 Å². The number of rotatable bonds is 8. The van der Waals surface area contributed by atoms with Gasteiger partial charge in [-0.2, -0.15) is 0 Å². The van der Waals surface area contributed by atoms with Crippen LogP contribution in [0.25, 0.3) is 0 Å². The molecule has 0 aliphatic heterocycles. The van der Waals surface area contributed by atoms with Gasteiger partial charge in [0.1, 0.15) is 11.1 Å². The quantitative estimate of drug-likeness (QED) is 0.563. The summed E-state index contributed by atoms with van der Waals surface area (Å²) in [5, 5.41) is 6.41. The van der Waals surface area contributed by atoms with Crippen molar-refractivity contribution in [3.63, 3.8) is 0 Å². The lowest BCUT2D eigenvalue weighted by Gasteiger charge is -2.21. The van der Waals surface area contributed by atoms with Crippen LogP contribution in [0.4, 0.5) is 0 Å². The molecule has 8 heteroatoms. The predicted octanol–water partition coefficient (Wildman–Crippen LogP) is 2.85. The molecule has 0 fully saturated rings. The van der Waals surface area contributed by atoms with Gasteiger partial charge in [0.05, 0.1) is 18.8 Å². The summed E-state index contributed by atoms with van der Waals surface area (Å²) in [4.78, 5) is 15.2. The average molecular weight is 378 g/mol. The van der Waals surface area contributed by atoms with Gasteiger partial charge in [-0.1, -0.05) is 0 Å². The van der Waals surface area contributed by atoms with Crippen LogP contribution in [-0.4, -0.2) is 48.6 Å². The van der Waals surface area contributed by atoms with Crippen molar-refractivity contribution in [1.82, 2.24) is 20.2 Å². The number of aromatic nitrogens is 2. The molecule has 1 unspecified atom stereocenters. The van der Waals surface area contributed by atoms with Crippen LogP contribution < -0.4 is 10.1 Å². The Morgan fingerprint density at radius 1 is 1.46 bits per heavy atom. The number of thiazole rings is 1. The molecule has 0 amide bonds. The topological polar surface area (TPSA) is 71.9 Å². The summed E-state index contributed by atoms with van der Waals surface area (Å²) in [6, 6.07) is 3.89. The van der Waals surface area contributed by atoms with E-state index in [1.807, 2.05) is 37.9 Å². The normalized spacial score (nSPS) is 12.7. The van der Waals surface area contributed by atoms with Gasteiger partial charge in [-0.3, -0.25) is 4.99 Å². The van der Waals surface area contributed by atoms with E-state index in [-0.39, 0.29) is 6.10 Å². The number of guanidine groups is 1. The van der Waals surface area contributed by atoms with Crippen molar-refractivity contribution >= 4 is 17.3 Å². The maximum absolute atomic E-state index is 5.44. The van der Waals surface area contributed by atoms with E-state index >= 15 is 0 Å². The van der Waals surface area contributed by atoms with Crippen molar-refractivity contribution in [1.29, 1.82) is 0 Å². The maximum Gasteiger partial charge on any atom is 0.213 e. The number of nitrogens with one attached hydrogen (secondary N) is 1. The monoisotopic (exact) mass is 377 g/mol. The second-order valence-corrected chi connectivity index (χ2v) is 6.64. The molecule has 0 aliphatic carbocycles. The van der Waals surface area contributed by atoms with Crippen molar-refractivity contribution in [2.45, 2.75) is 33.0 Å². The SMILES string of the molecule is CCOc1cc(CNC(=NC)N(C)Cc2csc(C(C)OC)n2)ccn1. The van der Waals surface area contributed by atoms with Crippen LogP contribution in [0.5, 0.6) is 5.88 Å². The van der Waals surface area contributed by atoms with E-state index in [0.29, 0.717) is 25.6 Å². The third-order valence-corrected chi connectivity index (χ3v) is 4.84. The summed E-state index contributed by atoms with van der Waals surface area (Å²) in [5.74, 6) is 1.44. The lowest BCUT2D eigenvalue weighted by molar-refractivity contribution is 0.119. The van der Waals surface area contributed by atoms with Crippen molar-refractivity contribution in [2.75, 3.05) is 27.8 Å². The summed E-state index contributed by atoms with van der Waals surface area (Å²) in [7, 11) is 5.46. The molecule has 1 N–H and O–H groups in total. The van der Waals surface area contributed by atoms with E-state index in [4.69, 9.17) is 9.47 Å². The van der Waals surface area contributed by atoms with Gasteiger partial charge in [0.25, 0.3) is 0 Å². The van der Waals surface area contributed by atoms with Crippen LogP contribution in [0.3, 0.4) is 0 Å². The van der Waals surface area contributed by atoms with Gasteiger partial charge in [0.15, 0.2) is 5.96 Å². The zero-order valence-electron chi connectivity index (χ0n) is 16.0. The number of nitrogens with zero attached hydrogens (tertiary/aromatic N) is 4. The van der Waals surface area contributed by atoms with E-state index < -0.39 is 0 Å². The molecular weight excluding hydrogens is 350 g/mol. The molecule has 1 atom stereocenters. The highest BCUT2D eigenvalue weighted by atomic mass is 32.1. The standard InChI is InChI=1S/C18H27N5O2S/c1-6-25-16-9-14(7-8-20-16)10-21-18(19-3)23(4)11-15-12-26-17(22-15)13(2)24-5/h7-9,12-13H,6,10-11H2,1-5H3,(H,19,21). The van der Waals surface area contributed by atoms with Crippen LogP contribution in [0.2, 0.25) is 0 Å². The molecule has 0 aliphatic rings. The third kappa shape index (κ3) is 5.67. The first kappa shape index (κ1) is 20.1. The van der Waals surface area contributed by atoms with Crippen LogP contribution >= 0.6 is 11.3 Å². The van der Waals surface area contributed by atoms with Crippen molar-refractivity contribution in [2.24, 2.45) is 4.99 Å². The Morgan fingerprint density at radius 2 is 2.27 bits per heavy atom. The van der Waals surface area contributed by atoms with E-state index in [1.54, 1.807) is 31.7 Å². The summed E-state index contributed by atoms with van der Waals surface area (Å²) in [6.45, 7) is 5.86. The molecule has 0 saturated carbocycles. The number of hydrogen-bond donors (Lipinski definition) is 1. The fourth-order valence-corrected chi connectivity index (χ4v) is 3.20. The molecule has 0 saturated heterocycles. The van der Waals surface area contributed by atoms with E-state index in [0.717, 1.165) is 22.2 Å². The highest BCUT2D eigenvalue weighted by molar-refractivity contribution is 7.09. The number of hydrogen-bond acceptors (Lipinski definition) is 6. The molecule has 26 heavy (non-hydrogen) atoms. The maximum atomic E-state index is 5.44. The fraction of sp³-hybridized carbons (Fsp3) is 0.500. The third-order valence-electron chi connectivity index (χ3n) is 3.79. The lowest BCUT2D eigenvalue weighted by Crippen LogP contribution is -2.38. The van der Waals surface area contributed by atoms with Gasteiger partial charge in [-0.05, 0) is 25.5 Å². The summed E-state index contributed by atoms with van der Waals surface area (Å²) in [6.07, 6.45) is 1.77. The summed E-state index contributed by atoms with van der Waals surface area (Å²) >= 11 is 1.62. The minimum Gasteiger partial charge on any atom is -0.478 e. The molecule has 2 aromatic heterocycles. The summed E-state index contributed by atoms with van der Waals surface area (Å²) < 4.78 is 10.8. The Morgan fingerprint density at radius 3 is 2.96 bits per heavy atom. The molecule has 2 heterocycles. The zero-order valence-corrected chi connectivity index (χ0v) is 16.8. The number of aliphatic imine (C=N–C) groups is 1. The molecule has 0 spiro atoms. The Kier molecular flexibility index (Phi) is 7.80. The zero-order chi connectivity index (χ0) is 18.9. The lowest BCUT2D eigenvalue weighted by atomic mass is 10.2. The predicted molar refractivity (Wildman–Crippen MR) is 105 cm³/mol. The molecule has 7 nitrogen and oxygen atoms in total. The fourth-order valence-electron chi connectivity index (χ4n) is 2.35. The highest BCUT2D eigenvalue weighted by Crippen LogP contribution is 2.21. The van der Waals surface area contributed by atoms with Gasteiger partial charge < -0.3 is 19.7 Å².